The molecule has 70 valence electrons. The van der Waals surface area contributed by atoms with Crippen molar-refractivity contribution in [2.45, 2.75) is 39.2 Å². The van der Waals surface area contributed by atoms with Gasteiger partial charge in [-0.2, -0.15) is 0 Å². The Morgan fingerprint density at radius 2 is 2.17 bits per heavy atom. The summed E-state index contributed by atoms with van der Waals surface area (Å²) in [5.41, 5.74) is 0. The fourth-order valence-corrected chi connectivity index (χ4v) is 2.12. The molecule has 0 spiro atoms. The van der Waals surface area contributed by atoms with Gasteiger partial charge in [-0.25, -0.2) is 4.84 Å². The van der Waals surface area contributed by atoms with Crippen molar-refractivity contribution in [3.63, 3.8) is 0 Å². The van der Waals surface area contributed by atoms with Crippen LogP contribution in [0.2, 0.25) is 0 Å². The van der Waals surface area contributed by atoms with Gasteiger partial charge in [0.2, 0.25) is 0 Å². The smallest absolute Gasteiger partial charge is 0.140 e. The summed E-state index contributed by atoms with van der Waals surface area (Å²) in [5, 5.41) is 0. The highest BCUT2D eigenvalue weighted by Crippen LogP contribution is 2.28. The van der Waals surface area contributed by atoms with Gasteiger partial charge in [0, 0.05) is 17.9 Å². The molecule has 1 rings (SSSR count). The molecule has 0 amide bonds. The summed E-state index contributed by atoms with van der Waals surface area (Å²) in [6.07, 6.45) is 3.15. The van der Waals surface area contributed by atoms with Crippen molar-refractivity contribution in [3.05, 3.63) is 0 Å². The lowest BCUT2D eigenvalue weighted by Gasteiger charge is -2.17. The minimum absolute atomic E-state index is 0.139. The summed E-state index contributed by atoms with van der Waals surface area (Å²) in [6, 6.07) is 0.210. The van der Waals surface area contributed by atoms with Crippen molar-refractivity contribution in [1.29, 1.82) is 0 Å². The number of Topliss-reactive ketones (excluding diaryl/α,β-unsaturated/α-hetero) is 1. The molecule has 0 aromatic carbocycles. The molecular weight excluding hydrogens is 174 g/mol. The summed E-state index contributed by atoms with van der Waals surface area (Å²) in [6.45, 7) is 3.90. The van der Waals surface area contributed by atoms with E-state index in [-0.39, 0.29) is 17.9 Å². The first-order chi connectivity index (χ1) is 5.66. The Morgan fingerprint density at radius 3 is 2.67 bits per heavy atom. The SMILES string of the molecule is CC(C)C(=O)[C@H]1CCC[C@@H]1NCl. The highest BCUT2D eigenvalue weighted by molar-refractivity contribution is 6.13. The zero-order valence-corrected chi connectivity index (χ0v) is 8.40. The van der Waals surface area contributed by atoms with Gasteiger partial charge in [-0.05, 0) is 24.6 Å². The first-order valence-corrected chi connectivity index (χ1v) is 4.94. The number of halogens is 1. The van der Waals surface area contributed by atoms with Gasteiger partial charge in [0.05, 0.1) is 0 Å². The lowest BCUT2D eigenvalue weighted by atomic mass is 9.91. The number of rotatable bonds is 3. The minimum atomic E-state index is 0.139. The number of carbonyl (C=O) groups excluding carboxylic acids is 1. The van der Waals surface area contributed by atoms with Gasteiger partial charge in [0.15, 0.2) is 0 Å². The van der Waals surface area contributed by atoms with Crippen LogP contribution in [0.25, 0.3) is 0 Å². The molecule has 1 saturated carbocycles. The van der Waals surface area contributed by atoms with Crippen molar-refractivity contribution in [3.8, 4) is 0 Å². The molecule has 12 heavy (non-hydrogen) atoms. The predicted molar refractivity (Wildman–Crippen MR) is 50.0 cm³/mol. The van der Waals surface area contributed by atoms with Crippen LogP contribution >= 0.6 is 11.8 Å². The Morgan fingerprint density at radius 1 is 1.50 bits per heavy atom. The first-order valence-electron chi connectivity index (χ1n) is 4.56. The summed E-state index contributed by atoms with van der Waals surface area (Å²) in [4.78, 5) is 14.3. The third-order valence-corrected chi connectivity index (χ3v) is 2.87. The van der Waals surface area contributed by atoms with E-state index < -0.39 is 0 Å². The van der Waals surface area contributed by atoms with Crippen LogP contribution in [0.4, 0.5) is 0 Å². The molecule has 1 fully saturated rings. The van der Waals surface area contributed by atoms with Crippen molar-refractivity contribution in [2.24, 2.45) is 11.8 Å². The summed E-state index contributed by atoms with van der Waals surface area (Å²) in [5.74, 6) is 0.647. The normalized spacial score (nSPS) is 29.7. The molecule has 0 aromatic rings. The lowest BCUT2D eigenvalue weighted by Crippen LogP contribution is -2.33. The Hall–Kier alpha value is -0.0800. The number of nitrogens with one attached hydrogen (secondary N) is 1. The average Bonchev–Trinajstić information content (AvgIpc) is 2.49. The van der Waals surface area contributed by atoms with E-state index in [9.17, 15) is 4.79 Å². The topological polar surface area (TPSA) is 29.1 Å². The van der Waals surface area contributed by atoms with Gasteiger partial charge in [0.1, 0.15) is 5.78 Å². The maximum Gasteiger partial charge on any atom is 0.140 e. The van der Waals surface area contributed by atoms with E-state index in [1.165, 1.54) is 0 Å². The molecule has 2 nitrogen and oxygen atoms in total. The molecule has 3 heteroatoms. The summed E-state index contributed by atoms with van der Waals surface area (Å²) < 4.78 is 0. The van der Waals surface area contributed by atoms with Gasteiger partial charge in [-0.15, -0.1) is 0 Å². The van der Waals surface area contributed by atoms with Gasteiger partial charge in [-0.1, -0.05) is 20.3 Å². The van der Waals surface area contributed by atoms with Crippen molar-refractivity contribution < 1.29 is 4.79 Å². The van der Waals surface area contributed by atoms with Crippen molar-refractivity contribution in [2.75, 3.05) is 0 Å². The first kappa shape index (κ1) is 10.0. The number of carbonyl (C=O) groups is 1. The maximum absolute atomic E-state index is 11.6. The quantitative estimate of drug-likeness (QED) is 0.690. The minimum Gasteiger partial charge on any atom is -0.299 e. The highest BCUT2D eigenvalue weighted by Gasteiger charge is 2.33. The van der Waals surface area contributed by atoms with Crippen LogP contribution in [0.5, 0.6) is 0 Å². The fourth-order valence-electron chi connectivity index (χ4n) is 1.86. The van der Waals surface area contributed by atoms with E-state index in [1.807, 2.05) is 13.8 Å². The molecular formula is C9H16ClNO. The molecule has 1 aliphatic carbocycles. The lowest BCUT2D eigenvalue weighted by molar-refractivity contribution is -0.126. The van der Waals surface area contributed by atoms with E-state index in [0.29, 0.717) is 5.78 Å². The van der Waals surface area contributed by atoms with Crippen LogP contribution < -0.4 is 4.84 Å². The van der Waals surface area contributed by atoms with Crippen LogP contribution in [-0.4, -0.2) is 11.8 Å². The second kappa shape index (κ2) is 4.24. The standard InChI is InChI=1S/C9H16ClNO/c1-6(2)9(12)7-4-3-5-8(7)11-10/h6-8,11H,3-5H2,1-2H3/t7-,8-/m0/s1. The van der Waals surface area contributed by atoms with Gasteiger partial charge >= 0.3 is 0 Å². The van der Waals surface area contributed by atoms with Crippen LogP contribution in [-0.2, 0) is 4.79 Å². The molecule has 0 unspecified atom stereocenters. The van der Waals surface area contributed by atoms with Crippen LogP contribution in [0.3, 0.4) is 0 Å². The Bertz CT molecular complexity index is 170. The van der Waals surface area contributed by atoms with E-state index >= 15 is 0 Å². The molecule has 0 radical (unpaired) electrons. The zero-order chi connectivity index (χ0) is 9.14. The molecule has 0 aromatic heterocycles. The molecule has 1 N–H and O–H groups in total. The monoisotopic (exact) mass is 189 g/mol. The van der Waals surface area contributed by atoms with E-state index in [1.54, 1.807) is 0 Å². The van der Waals surface area contributed by atoms with Crippen LogP contribution in [0, 0.1) is 11.8 Å². The van der Waals surface area contributed by atoms with Gasteiger partial charge < -0.3 is 0 Å². The number of hydrogen-bond acceptors (Lipinski definition) is 2. The number of hydrogen-bond donors (Lipinski definition) is 1. The van der Waals surface area contributed by atoms with Gasteiger partial charge in [0.25, 0.3) is 0 Å². The molecule has 0 heterocycles. The van der Waals surface area contributed by atoms with E-state index in [4.69, 9.17) is 11.8 Å². The summed E-state index contributed by atoms with van der Waals surface area (Å²) >= 11 is 5.55. The third-order valence-electron chi connectivity index (χ3n) is 2.59. The predicted octanol–water partition coefficient (Wildman–Crippen LogP) is 2.12. The third kappa shape index (κ3) is 1.99. The maximum atomic E-state index is 11.6. The van der Waals surface area contributed by atoms with Crippen LogP contribution in [0.1, 0.15) is 33.1 Å². The van der Waals surface area contributed by atoms with Crippen molar-refractivity contribution >= 4 is 17.6 Å². The molecule has 0 aliphatic heterocycles. The molecule has 0 bridgehead atoms. The average molecular weight is 190 g/mol. The van der Waals surface area contributed by atoms with Crippen molar-refractivity contribution in [1.82, 2.24) is 4.84 Å². The second-order valence-electron chi connectivity index (χ2n) is 3.81. The zero-order valence-electron chi connectivity index (χ0n) is 7.64. The molecule has 2 atom stereocenters. The van der Waals surface area contributed by atoms with E-state index in [0.717, 1.165) is 19.3 Å². The number of ketones is 1. The fraction of sp³-hybridized carbons (Fsp3) is 0.889. The second-order valence-corrected chi connectivity index (χ2v) is 4.03. The largest absolute Gasteiger partial charge is 0.299 e. The molecule has 0 saturated heterocycles. The van der Waals surface area contributed by atoms with Gasteiger partial charge in [-0.3, -0.25) is 4.79 Å². The highest BCUT2D eigenvalue weighted by atomic mass is 35.5. The Balaban J connectivity index is 2.55. The molecule has 1 aliphatic rings. The van der Waals surface area contributed by atoms with Crippen LogP contribution in [0.15, 0.2) is 0 Å². The van der Waals surface area contributed by atoms with E-state index in [2.05, 4.69) is 4.84 Å². The summed E-state index contributed by atoms with van der Waals surface area (Å²) in [7, 11) is 0. The Kier molecular flexibility index (Phi) is 3.53. The Labute approximate surface area is 78.8 Å².